The minimum absolute atomic E-state index is 0.920. The van der Waals surface area contributed by atoms with Gasteiger partial charge >= 0.3 is 0 Å². The summed E-state index contributed by atoms with van der Waals surface area (Å²) in [5.41, 5.74) is 9.55. The van der Waals surface area contributed by atoms with Crippen molar-refractivity contribution in [2.75, 3.05) is 10.5 Å². The van der Waals surface area contributed by atoms with Crippen molar-refractivity contribution < 1.29 is 0 Å². The Balaban J connectivity index is 2.28. The van der Waals surface area contributed by atoms with Gasteiger partial charge in [-0.05, 0) is 11.6 Å². The molecular formula is C8H8N4. The molecule has 12 heavy (non-hydrogen) atoms. The van der Waals surface area contributed by atoms with Crippen molar-refractivity contribution in [2.24, 2.45) is 5.10 Å². The van der Waals surface area contributed by atoms with Gasteiger partial charge in [0.05, 0.1) is 5.69 Å². The van der Waals surface area contributed by atoms with Crippen LogP contribution in [0, 0.1) is 0 Å². The highest BCUT2D eigenvalue weighted by Gasteiger charge is 2.22. The van der Waals surface area contributed by atoms with Crippen LogP contribution in [0.25, 0.3) is 0 Å². The number of para-hydroxylation sites is 1. The summed E-state index contributed by atoms with van der Waals surface area (Å²) in [5, 5.41) is 5.93. The third-order valence-electron chi connectivity index (χ3n) is 2.14. The highest BCUT2D eigenvalue weighted by molar-refractivity contribution is 5.83. The third kappa shape index (κ3) is 0.622. The van der Waals surface area contributed by atoms with E-state index in [9.17, 15) is 0 Å². The van der Waals surface area contributed by atoms with Crippen LogP contribution in [-0.2, 0) is 6.42 Å². The lowest BCUT2D eigenvalue weighted by atomic mass is 10.1. The molecule has 3 rings (SSSR count). The molecule has 4 heteroatoms. The van der Waals surface area contributed by atoms with Crippen LogP contribution >= 0.6 is 0 Å². The molecular weight excluding hydrogens is 152 g/mol. The minimum atomic E-state index is 0.920. The van der Waals surface area contributed by atoms with Crippen LogP contribution in [0.4, 0.5) is 11.4 Å². The third-order valence-corrected chi connectivity index (χ3v) is 2.14. The molecule has 0 unspecified atom stereocenters. The first-order valence-corrected chi connectivity index (χ1v) is 3.91. The standard InChI is InChI=1S/C8H8N4/c1-2-6-4-5-9-12-8(6)7(3-1)10-11-12/h1-3,5,10-11H,4H2. The molecule has 1 aromatic rings. The lowest BCUT2D eigenvalue weighted by Crippen LogP contribution is -2.32. The van der Waals surface area contributed by atoms with Gasteiger partial charge in [-0.15, -0.1) is 5.53 Å². The topological polar surface area (TPSA) is 39.7 Å². The summed E-state index contributed by atoms with van der Waals surface area (Å²) in [6.45, 7) is 0. The summed E-state index contributed by atoms with van der Waals surface area (Å²) < 4.78 is 0. The SMILES string of the molecule is C1=NN2NNc3cccc(c32)C1. The average molecular weight is 160 g/mol. The van der Waals surface area contributed by atoms with Crippen molar-refractivity contribution in [3.8, 4) is 0 Å². The monoisotopic (exact) mass is 160 g/mol. The average Bonchev–Trinajstić information content (AvgIpc) is 2.52. The van der Waals surface area contributed by atoms with E-state index in [-0.39, 0.29) is 0 Å². The maximum absolute atomic E-state index is 4.18. The number of nitrogens with zero attached hydrogens (tertiary/aromatic N) is 2. The van der Waals surface area contributed by atoms with Gasteiger partial charge in [0.1, 0.15) is 5.69 Å². The van der Waals surface area contributed by atoms with Crippen LogP contribution < -0.4 is 16.1 Å². The van der Waals surface area contributed by atoms with E-state index in [1.165, 1.54) is 5.56 Å². The largest absolute Gasteiger partial charge is 0.300 e. The number of rotatable bonds is 0. The second kappa shape index (κ2) is 1.98. The van der Waals surface area contributed by atoms with Crippen molar-refractivity contribution in [1.82, 2.24) is 5.53 Å². The fourth-order valence-electron chi connectivity index (χ4n) is 1.58. The smallest absolute Gasteiger partial charge is 0.108 e. The molecule has 0 atom stereocenters. The van der Waals surface area contributed by atoms with Crippen LogP contribution in [-0.4, -0.2) is 6.21 Å². The molecule has 2 aliphatic heterocycles. The van der Waals surface area contributed by atoms with E-state index in [2.05, 4.69) is 22.1 Å². The molecule has 0 bridgehead atoms. The number of nitrogens with one attached hydrogen (secondary N) is 2. The fourth-order valence-corrected chi connectivity index (χ4v) is 1.58. The van der Waals surface area contributed by atoms with Gasteiger partial charge in [-0.2, -0.15) is 10.2 Å². The molecule has 0 spiro atoms. The van der Waals surface area contributed by atoms with E-state index >= 15 is 0 Å². The molecule has 0 saturated carbocycles. The maximum Gasteiger partial charge on any atom is 0.108 e. The maximum atomic E-state index is 4.18. The quantitative estimate of drug-likeness (QED) is 0.591. The van der Waals surface area contributed by atoms with E-state index in [4.69, 9.17) is 0 Å². The van der Waals surface area contributed by atoms with Crippen LogP contribution in [0.2, 0.25) is 0 Å². The van der Waals surface area contributed by atoms with Crippen molar-refractivity contribution >= 4 is 17.6 Å². The van der Waals surface area contributed by atoms with Gasteiger partial charge in [0.25, 0.3) is 0 Å². The van der Waals surface area contributed by atoms with E-state index in [0.29, 0.717) is 0 Å². The van der Waals surface area contributed by atoms with Gasteiger partial charge in [-0.25, -0.2) is 0 Å². The second-order valence-corrected chi connectivity index (χ2v) is 2.86. The lowest BCUT2D eigenvalue weighted by Gasteiger charge is -2.17. The normalized spacial score (nSPS) is 17.5. The zero-order valence-corrected chi connectivity index (χ0v) is 6.41. The second-order valence-electron chi connectivity index (χ2n) is 2.86. The molecule has 2 aliphatic rings. The van der Waals surface area contributed by atoms with E-state index < -0.39 is 0 Å². The van der Waals surface area contributed by atoms with E-state index in [0.717, 1.165) is 17.8 Å². The van der Waals surface area contributed by atoms with Gasteiger partial charge in [-0.3, -0.25) is 0 Å². The van der Waals surface area contributed by atoms with Crippen LogP contribution in [0.3, 0.4) is 0 Å². The van der Waals surface area contributed by atoms with Crippen molar-refractivity contribution in [1.29, 1.82) is 0 Å². The molecule has 0 aliphatic carbocycles. The number of hydrogen-bond acceptors (Lipinski definition) is 4. The molecule has 60 valence electrons. The Morgan fingerprint density at radius 2 is 2.42 bits per heavy atom. The molecule has 0 amide bonds. The predicted molar refractivity (Wildman–Crippen MR) is 47.9 cm³/mol. The molecule has 2 heterocycles. The fraction of sp³-hybridized carbons (Fsp3) is 0.125. The number of benzene rings is 1. The summed E-state index contributed by atoms with van der Waals surface area (Å²) in [6, 6.07) is 6.20. The Morgan fingerprint density at radius 3 is 3.42 bits per heavy atom. The number of hydrazine groups is 2. The molecule has 0 fully saturated rings. The van der Waals surface area contributed by atoms with E-state index in [1.807, 2.05) is 18.3 Å². The zero-order chi connectivity index (χ0) is 7.97. The summed E-state index contributed by atoms with van der Waals surface area (Å²) >= 11 is 0. The van der Waals surface area contributed by atoms with Crippen LogP contribution in [0.15, 0.2) is 23.3 Å². The van der Waals surface area contributed by atoms with Gasteiger partial charge in [0, 0.05) is 12.6 Å². The Labute approximate surface area is 69.8 Å². The van der Waals surface area contributed by atoms with Gasteiger partial charge in [-0.1, -0.05) is 12.1 Å². The van der Waals surface area contributed by atoms with Crippen molar-refractivity contribution in [3.05, 3.63) is 23.8 Å². The molecule has 1 aromatic carbocycles. The summed E-state index contributed by atoms with van der Waals surface area (Å²) in [6.07, 6.45) is 2.81. The zero-order valence-electron chi connectivity index (χ0n) is 6.41. The number of anilines is 2. The lowest BCUT2D eigenvalue weighted by molar-refractivity contribution is 0.758. The first-order valence-electron chi connectivity index (χ1n) is 3.91. The van der Waals surface area contributed by atoms with Gasteiger partial charge < -0.3 is 5.43 Å². The summed E-state index contributed by atoms with van der Waals surface area (Å²) in [7, 11) is 0. The summed E-state index contributed by atoms with van der Waals surface area (Å²) in [5.74, 6) is 0. The van der Waals surface area contributed by atoms with Gasteiger partial charge in [0.2, 0.25) is 0 Å². The molecule has 2 N–H and O–H groups in total. The Hall–Kier alpha value is -1.55. The van der Waals surface area contributed by atoms with E-state index in [1.54, 1.807) is 5.12 Å². The van der Waals surface area contributed by atoms with Gasteiger partial charge in [0.15, 0.2) is 0 Å². The minimum Gasteiger partial charge on any atom is -0.300 e. The molecule has 0 radical (unpaired) electrons. The van der Waals surface area contributed by atoms with Crippen molar-refractivity contribution in [2.45, 2.75) is 6.42 Å². The molecule has 4 nitrogen and oxygen atoms in total. The summed E-state index contributed by atoms with van der Waals surface area (Å²) in [4.78, 5) is 0. The molecule has 0 saturated heterocycles. The Kier molecular flexibility index (Phi) is 0.995. The first kappa shape index (κ1) is 6.02. The number of hydrogen-bond donors (Lipinski definition) is 2. The number of hydrazone groups is 1. The van der Waals surface area contributed by atoms with Crippen molar-refractivity contribution in [3.63, 3.8) is 0 Å². The first-order chi connectivity index (χ1) is 5.95. The van der Waals surface area contributed by atoms with Crippen LogP contribution in [0.1, 0.15) is 5.56 Å². The van der Waals surface area contributed by atoms with Crippen LogP contribution in [0.5, 0.6) is 0 Å². The highest BCUT2D eigenvalue weighted by atomic mass is 15.8. The Bertz CT molecular complexity index is 358. The Morgan fingerprint density at radius 1 is 1.42 bits per heavy atom. The predicted octanol–water partition coefficient (Wildman–Crippen LogP) is 0.880. The highest BCUT2D eigenvalue weighted by Crippen LogP contribution is 2.34. The molecule has 0 aromatic heterocycles.